The van der Waals surface area contributed by atoms with Gasteiger partial charge in [0.05, 0.1) is 12.0 Å². The highest BCUT2D eigenvalue weighted by molar-refractivity contribution is 6.31. The van der Waals surface area contributed by atoms with Gasteiger partial charge in [-0.05, 0) is 24.6 Å². The van der Waals surface area contributed by atoms with Crippen LogP contribution in [-0.4, -0.2) is 6.29 Å². The Bertz CT molecular complexity index is 415. The SMILES string of the molecule is Cc1cc(F)c(C#CCC=O)cc1Cl. The molecule has 0 saturated heterocycles. The average Bonchev–Trinajstić information content (AvgIpc) is 2.14. The van der Waals surface area contributed by atoms with E-state index >= 15 is 0 Å². The number of rotatable bonds is 1. The van der Waals surface area contributed by atoms with Gasteiger partial charge in [0, 0.05) is 5.02 Å². The van der Waals surface area contributed by atoms with Crippen LogP contribution in [0.3, 0.4) is 0 Å². The summed E-state index contributed by atoms with van der Waals surface area (Å²) in [7, 11) is 0. The normalized spacial score (nSPS) is 9.07. The topological polar surface area (TPSA) is 17.1 Å². The van der Waals surface area contributed by atoms with Gasteiger partial charge in [0.2, 0.25) is 0 Å². The van der Waals surface area contributed by atoms with Crippen molar-refractivity contribution in [3.05, 3.63) is 34.1 Å². The molecule has 0 atom stereocenters. The van der Waals surface area contributed by atoms with Crippen LogP contribution in [0.5, 0.6) is 0 Å². The molecule has 1 aromatic carbocycles. The zero-order chi connectivity index (χ0) is 10.6. The van der Waals surface area contributed by atoms with E-state index in [-0.39, 0.29) is 12.0 Å². The molecule has 0 radical (unpaired) electrons. The van der Waals surface area contributed by atoms with E-state index in [0.717, 1.165) is 0 Å². The van der Waals surface area contributed by atoms with Crippen LogP contribution >= 0.6 is 11.6 Å². The number of aldehydes is 1. The third-order valence-electron chi connectivity index (χ3n) is 1.66. The molecule has 0 fully saturated rings. The first-order valence-electron chi connectivity index (χ1n) is 4.03. The predicted octanol–water partition coefficient (Wildman–Crippen LogP) is 2.73. The molecule has 72 valence electrons. The van der Waals surface area contributed by atoms with Crippen molar-refractivity contribution in [1.29, 1.82) is 0 Å². The van der Waals surface area contributed by atoms with Crippen LogP contribution in [-0.2, 0) is 4.79 Å². The monoisotopic (exact) mass is 210 g/mol. The van der Waals surface area contributed by atoms with Gasteiger partial charge in [-0.1, -0.05) is 23.4 Å². The Morgan fingerprint density at radius 3 is 2.93 bits per heavy atom. The van der Waals surface area contributed by atoms with Crippen molar-refractivity contribution in [2.24, 2.45) is 0 Å². The number of aryl methyl sites for hydroxylation is 1. The summed E-state index contributed by atoms with van der Waals surface area (Å²) >= 11 is 5.79. The van der Waals surface area contributed by atoms with Gasteiger partial charge in [0.1, 0.15) is 12.1 Å². The zero-order valence-corrected chi connectivity index (χ0v) is 8.36. The van der Waals surface area contributed by atoms with E-state index in [2.05, 4.69) is 11.8 Å². The molecule has 0 N–H and O–H groups in total. The van der Waals surface area contributed by atoms with Crippen LogP contribution in [0.4, 0.5) is 4.39 Å². The Morgan fingerprint density at radius 1 is 1.57 bits per heavy atom. The Morgan fingerprint density at radius 2 is 2.29 bits per heavy atom. The summed E-state index contributed by atoms with van der Waals surface area (Å²) in [6, 6.07) is 2.79. The summed E-state index contributed by atoms with van der Waals surface area (Å²) in [6.07, 6.45) is 0.769. The van der Waals surface area contributed by atoms with Gasteiger partial charge in [-0.25, -0.2) is 4.39 Å². The molecule has 1 aromatic rings. The highest BCUT2D eigenvalue weighted by Crippen LogP contribution is 2.19. The molecule has 0 aliphatic heterocycles. The molecule has 0 bridgehead atoms. The lowest BCUT2D eigenvalue weighted by molar-refractivity contribution is -0.107. The fourth-order valence-electron chi connectivity index (χ4n) is 0.930. The minimum Gasteiger partial charge on any atom is -0.302 e. The zero-order valence-electron chi connectivity index (χ0n) is 7.60. The molecule has 0 unspecified atom stereocenters. The highest BCUT2D eigenvalue weighted by Gasteiger charge is 2.02. The summed E-state index contributed by atoms with van der Waals surface area (Å²) in [6.45, 7) is 1.72. The first kappa shape index (κ1) is 10.7. The molecule has 1 rings (SSSR count). The molecule has 0 amide bonds. The van der Waals surface area contributed by atoms with Crippen LogP contribution in [0, 0.1) is 24.6 Å². The van der Waals surface area contributed by atoms with E-state index in [4.69, 9.17) is 11.6 Å². The van der Waals surface area contributed by atoms with Gasteiger partial charge in [-0.15, -0.1) is 0 Å². The van der Waals surface area contributed by atoms with Gasteiger partial charge < -0.3 is 4.79 Å². The van der Waals surface area contributed by atoms with Crippen molar-refractivity contribution in [2.45, 2.75) is 13.3 Å². The summed E-state index contributed by atoms with van der Waals surface area (Å²) < 4.78 is 13.2. The second kappa shape index (κ2) is 4.78. The summed E-state index contributed by atoms with van der Waals surface area (Å²) in [5.41, 5.74) is 0.896. The van der Waals surface area contributed by atoms with Gasteiger partial charge >= 0.3 is 0 Å². The van der Waals surface area contributed by atoms with Crippen molar-refractivity contribution in [3.8, 4) is 11.8 Å². The van der Waals surface area contributed by atoms with E-state index < -0.39 is 5.82 Å². The van der Waals surface area contributed by atoms with E-state index in [9.17, 15) is 9.18 Å². The molecular weight excluding hydrogens is 203 g/mol. The summed E-state index contributed by atoms with van der Waals surface area (Å²) in [5, 5.41) is 0.474. The molecule has 0 aliphatic carbocycles. The number of carbonyl (C=O) groups excluding carboxylic acids is 1. The Kier molecular flexibility index (Phi) is 3.67. The average molecular weight is 211 g/mol. The van der Waals surface area contributed by atoms with E-state index in [1.165, 1.54) is 12.1 Å². The second-order valence-electron chi connectivity index (χ2n) is 2.75. The molecular formula is C11H8ClFO. The van der Waals surface area contributed by atoms with Crippen molar-refractivity contribution < 1.29 is 9.18 Å². The van der Waals surface area contributed by atoms with E-state index in [1.807, 2.05) is 0 Å². The maximum atomic E-state index is 13.2. The standard InChI is InChI=1S/C11H8ClFO/c1-8-6-11(13)9(7-10(8)12)4-2-3-5-14/h5-7H,3H2,1H3. The lowest BCUT2D eigenvalue weighted by Crippen LogP contribution is -1.86. The van der Waals surface area contributed by atoms with Crippen molar-refractivity contribution in [1.82, 2.24) is 0 Å². The van der Waals surface area contributed by atoms with Gasteiger partial charge in [0.15, 0.2) is 0 Å². The van der Waals surface area contributed by atoms with Gasteiger partial charge in [-0.2, -0.15) is 0 Å². The van der Waals surface area contributed by atoms with Gasteiger partial charge in [-0.3, -0.25) is 0 Å². The van der Waals surface area contributed by atoms with Crippen LogP contribution < -0.4 is 0 Å². The fourth-order valence-corrected chi connectivity index (χ4v) is 1.09. The largest absolute Gasteiger partial charge is 0.302 e. The number of hydrogen-bond donors (Lipinski definition) is 0. The number of carbonyl (C=O) groups is 1. The molecule has 0 saturated carbocycles. The van der Waals surface area contributed by atoms with Gasteiger partial charge in [0.25, 0.3) is 0 Å². The molecule has 3 heteroatoms. The van der Waals surface area contributed by atoms with Crippen LogP contribution in [0.15, 0.2) is 12.1 Å². The third kappa shape index (κ3) is 2.58. The van der Waals surface area contributed by atoms with Crippen molar-refractivity contribution >= 4 is 17.9 Å². The lowest BCUT2D eigenvalue weighted by atomic mass is 10.1. The first-order chi connectivity index (χ1) is 6.65. The molecule has 0 aliphatic rings. The third-order valence-corrected chi connectivity index (χ3v) is 2.06. The Labute approximate surface area is 86.9 Å². The number of benzene rings is 1. The number of hydrogen-bond acceptors (Lipinski definition) is 1. The Balaban J connectivity index is 3.05. The smallest absolute Gasteiger partial charge is 0.139 e. The lowest BCUT2D eigenvalue weighted by Gasteiger charge is -1.99. The van der Waals surface area contributed by atoms with Crippen molar-refractivity contribution in [2.75, 3.05) is 0 Å². The predicted molar refractivity (Wildman–Crippen MR) is 53.7 cm³/mol. The summed E-state index contributed by atoms with van der Waals surface area (Å²) in [5.74, 6) is 4.65. The molecule has 0 aromatic heterocycles. The van der Waals surface area contributed by atoms with E-state index in [0.29, 0.717) is 16.9 Å². The maximum absolute atomic E-state index is 13.2. The number of halogens is 2. The highest BCUT2D eigenvalue weighted by atomic mass is 35.5. The van der Waals surface area contributed by atoms with Crippen LogP contribution in [0.25, 0.3) is 0 Å². The van der Waals surface area contributed by atoms with E-state index in [1.54, 1.807) is 6.92 Å². The van der Waals surface area contributed by atoms with Crippen molar-refractivity contribution in [3.63, 3.8) is 0 Å². The quantitative estimate of drug-likeness (QED) is 0.515. The molecule has 14 heavy (non-hydrogen) atoms. The minimum atomic E-state index is -0.412. The molecule has 0 spiro atoms. The minimum absolute atomic E-state index is 0.102. The van der Waals surface area contributed by atoms with Crippen LogP contribution in [0.2, 0.25) is 5.02 Å². The molecule has 0 heterocycles. The van der Waals surface area contributed by atoms with Crippen LogP contribution in [0.1, 0.15) is 17.5 Å². The fraction of sp³-hybridized carbons (Fsp3) is 0.182. The first-order valence-corrected chi connectivity index (χ1v) is 4.41. The second-order valence-corrected chi connectivity index (χ2v) is 3.16. The Hall–Kier alpha value is -1.33. The molecule has 1 nitrogen and oxygen atoms in total. The maximum Gasteiger partial charge on any atom is 0.139 e. The summed E-state index contributed by atoms with van der Waals surface area (Å²) in [4.78, 5) is 9.98.